The molecule has 2 heterocycles. The molecule has 0 saturated carbocycles. The first-order valence-electron chi connectivity index (χ1n) is 4.98. The van der Waals surface area contributed by atoms with Gasteiger partial charge >= 0.3 is 0 Å². The van der Waals surface area contributed by atoms with Gasteiger partial charge in [0.2, 0.25) is 0 Å². The van der Waals surface area contributed by atoms with Crippen LogP contribution < -0.4 is 0 Å². The van der Waals surface area contributed by atoms with Crippen molar-refractivity contribution in [1.82, 2.24) is 9.97 Å². The molecule has 2 N–H and O–H groups in total. The molecule has 0 amide bonds. The van der Waals surface area contributed by atoms with Crippen LogP contribution in [0.3, 0.4) is 0 Å². The van der Waals surface area contributed by atoms with Crippen molar-refractivity contribution >= 4 is 21.7 Å². The Morgan fingerprint density at radius 3 is 2.47 bits per heavy atom. The van der Waals surface area contributed by atoms with Gasteiger partial charge < -0.3 is 10.2 Å². The van der Waals surface area contributed by atoms with Crippen LogP contribution >= 0.6 is 11.3 Å². The molecule has 1 aromatic carbocycles. The van der Waals surface area contributed by atoms with Gasteiger partial charge in [-0.25, -0.2) is 9.97 Å². The van der Waals surface area contributed by atoms with E-state index >= 15 is 0 Å². The van der Waals surface area contributed by atoms with Gasteiger partial charge in [-0.15, -0.1) is 0 Å². The van der Waals surface area contributed by atoms with Gasteiger partial charge in [0.15, 0.2) is 0 Å². The number of phenolic OH excluding ortho intramolecular Hbond substituents is 2. The lowest BCUT2D eigenvalue weighted by Crippen LogP contribution is -1.78. The summed E-state index contributed by atoms with van der Waals surface area (Å²) in [5, 5.41) is 20.1. The van der Waals surface area contributed by atoms with Crippen LogP contribution in [0, 0.1) is 0 Å². The van der Waals surface area contributed by atoms with Crippen LogP contribution in [0.2, 0.25) is 0 Å². The van der Waals surface area contributed by atoms with E-state index in [0.29, 0.717) is 10.6 Å². The molecule has 84 valence electrons. The van der Waals surface area contributed by atoms with E-state index in [-0.39, 0.29) is 11.5 Å². The van der Waals surface area contributed by atoms with E-state index < -0.39 is 0 Å². The third kappa shape index (κ3) is 1.60. The maximum Gasteiger partial charge on any atom is 0.143 e. The molecule has 4 nitrogen and oxygen atoms in total. The van der Waals surface area contributed by atoms with Crippen LogP contribution in [-0.4, -0.2) is 20.2 Å². The fraction of sp³-hybridized carbons (Fsp3) is 0. The fourth-order valence-corrected chi connectivity index (χ4v) is 2.59. The summed E-state index contributed by atoms with van der Waals surface area (Å²) in [4.78, 5) is 9.30. The average Bonchev–Trinajstić information content (AvgIpc) is 2.71. The normalized spacial score (nSPS) is 10.8. The summed E-state index contributed by atoms with van der Waals surface area (Å²) in [6.45, 7) is 0. The molecule has 0 radical (unpaired) electrons. The number of rotatable bonds is 1. The van der Waals surface area contributed by atoms with E-state index in [4.69, 9.17) is 0 Å². The lowest BCUT2D eigenvalue weighted by Gasteiger charge is -2.02. The van der Waals surface area contributed by atoms with Gasteiger partial charge in [0, 0.05) is 6.20 Å². The molecule has 2 aromatic heterocycles. The van der Waals surface area contributed by atoms with Crippen LogP contribution in [0.25, 0.3) is 20.9 Å². The molecule has 0 aliphatic rings. The molecular weight excluding hydrogens is 236 g/mol. The first kappa shape index (κ1) is 10.0. The predicted molar refractivity (Wildman–Crippen MR) is 66.2 cm³/mol. The maximum atomic E-state index is 9.76. The van der Waals surface area contributed by atoms with Gasteiger partial charge in [0.25, 0.3) is 0 Å². The van der Waals surface area contributed by atoms with Crippen LogP contribution in [-0.2, 0) is 0 Å². The summed E-state index contributed by atoms with van der Waals surface area (Å²) in [5.41, 5.74) is 1.12. The summed E-state index contributed by atoms with van der Waals surface area (Å²) in [7, 11) is 0. The van der Waals surface area contributed by atoms with E-state index in [9.17, 15) is 10.2 Å². The zero-order chi connectivity index (χ0) is 11.8. The van der Waals surface area contributed by atoms with Crippen molar-refractivity contribution in [1.29, 1.82) is 0 Å². The molecule has 0 atom stereocenters. The van der Waals surface area contributed by atoms with Crippen molar-refractivity contribution < 1.29 is 10.2 Å². The molecule has 3 rings (SSSR count). The summed E-state index contributed by atoms with van der Waals surface area (Å²) >= 11 is 1.34. The number of fused-ring (bicyclic) bond motifs is 1. The number of pyridine rings is 1. The van der Waals surface area contributed by atoms with E-state index in [1.807, 2.05) is 6.07 Å². The molecule has 0 saturated heterocycles. The molecule has 0 fully saturated rings. The minimum absolute atomic E-state index is 0.0176. The highest BCUT2D eigenvalue weighted by Gasteiger charge is 2.14. The van der Waals surface area contributed by atoms with Gasteiger partial charge in [-0.3, -0.25) is 0 Å². The first-order valence-corrected chi connectivity index (χ1v) is 5.80. The van der Waals surface area contributed by atoms with E-state index in [0.717, 1.165) is 10.3 Å². The second kappa shape index (κ2) is 3.71. The van der Waals surface area contributed by atoms with Crippen molar-refractivity contribution in [2.24, 2.45) is 0 Å². The van der Waals surface area contributed by atoms with Crippen molar-refractivity contribution in [2.45, 2.75) is 0 Å². The predicted octanol–water partition coefficient (Wildman–Crippen LogP) is 2.77. The van der Waals surface area contributed by atoms with Gasteiger partial charge in [0.05, 0.1) is 5.56 Å². The molecule has 0 bridgehead atoms. The van der Waals surface area contributed by atoms with Crippen molar-refractivity contribution in [3.8, 4) is 22.1 Å². The average molecular weight is 244 g/mol. The first-order chi connectivity index (χ1) is 8.25. The number of hydrogen-bond donors (Lipinski definition) is 2. The highest BCUT2D eigenvalue weighted by atomic mass is 32.1. The number of thiazole rings is 1. The minimum atomic E-state index is 0.0176. The quantitative estimate of drug-likeness (QED) is 0.690. The topological polar surface area (TPSA) is 66.2 Å². The Hall–Kier alpha value is -2.14. The largest absolute Gasteiger partial charge is 0.507 e. The number of nitrogens with zero attached hydrogens (tertiary/aromatic N) is 2. The van der Waals surface area contributed by atoms with Gasteiger partial charge in [-0.2, -0.15) is 0 Å². The molecule has 0 aliphatic heterocycles. The van der Waals surface area contributed by atoms with Crippen LogP contribution in [0.15, 0.2) is 36.5 Å². The lowest BCUT2D eigenvalue weighted by molar-refractivity contribution is 0.454. The number of aromatic nitrogens is 2. The highest BCUT2D eigenvalue weighted by molar-refractivity contribution is 7.21. The Balaban J connectivity index is 2.27. The molecule has 17 heavy (non-hydrogen) atoms. The number of aromatic hydroxyl groups is 2. The molecule has 0 unspecified atom stereocenters. The van der Waals surface area contributed by atoms with Crippen molar-refractivity contribution in [2.75, 3.05) is 0 Å². The van der Waals surface area contributed by atoms with Gasteiger partial charge in [-0.1, -0.05) is 17.4 Å². The summed E-state index contributed by atoms with van der Waals surface area (Å²) < 4.78 is 0. The monoisotopic (exact) mass is 244 g/mol. The Bertz CT molecular complexity index is 641. The van der Waals surface area contributed by atoms with Crippen molar-refractivity contribution in [3.05, 3.63) is 36.5 Å². The number of benzene rings is 1. The number of phenols is 2. The third-order valence-corrected chi connectivity index (χ3v) is 3.40. The Morgan fingerprint density at radius 1 is 1.00 bits per heavy atom. The minimum Gasteiger partial charge on any atom is -0.507 e. The lowest BCUT2D eigenvalue weighted by atomic mass is 10.2. The Morgan fingerprint density at radius 2 is 1.76 bits per heavy atom. The molecule has 3 aromatic rings. The summed E-state index contributed by atoms with van der Waals surface area (Å²) in [5.74, 6) is 0.0353. The highest BCUT2D eigenvalue weighted by Crippen LogP contribution is 2.39. The SMILES string of the molecule is Oc1cccc(O)c1-c1nc2cccnc2s1. The second-order valence-corrected chi connectivity index (χ2v) is 4.50. The van der Waals surface area contributed by atoms with Crippen molar-refractivity contribution in [3.63, 3.8) is 0 Å². The molecule has 0 aliphatic carbocycles. The number of hydrogen-bond acceptors (Lipinski definition) is 5. The molecular formula is C12H8N2O2S. The summed E-state index contributed by atoms with van der Waals surface area (Å²) in [6.07, 6.45) is 1.69. The van der Waals surface area contributed by atoms with Gasteiger partial charge in [0.1, 0.15) is 26.9 Å². The third-order valence-electron chi connectivity index (χ3n) is 2.40. The standard InChI is InChI=1S/C12H8N2O2S/c15-8-4-1-5-9(16)10(8)12-14-7-3-2-6-13-11(7)17-12/h1-6,15-16H. The van der Waals surface area contributed by atoms with E-state index in [1.54, 1.807) is 18.3 Å². The molecule has 0 spiro atoms. The van der Waals surface area contributed by atoms with Gasteiger partial charge in [-0.05, 0) is 24.3 Å². The Labute approximate surface area is 101 Å². The summed E-state index contributed by atoms with van der Waals surface area (Å²) in [6, 6.07) is 8.28. The van der Waals surface area contributed by atoms with E-state index in [1.165, 1.54) is 23.5 Å². The van der Waals surface area contributed by atoms with Crippen LogP contribution in [0.5, 0.6) is 11.5 Å². The smallest absolute Gasteiger partial charge is 0.143 e. The second-order valence-electron chi connectivity index (χ2n) is 3.52. The van der Waals surface area contributed by atoms with Crippen LogP contribution in [0.1, 0.15) is 0 Å². The zero-order valence-corrected chi connectivity index (χ0v) is 9.48. The fourth-order valence-electron chi connectivity index (χ4n) is 1.62. The zero-order valence-electron chi connectivity index (χ0n) is 8.66. The molecule has 5 heteroatoms. The van der Waals surface area contributed by atoms with E-state index in [2.05, 4.69) is 9.97 Å². The maximum absolute atomic E-state index is 9.76. The van der Waals surface area contributed by atoms with Crippen LogP contribution in [0.4, 0.5) is 0 Å². The Kier molecular flexibility index (Phi) is 2.19.